The number of ether oxygens (including phenoxy) is 2. The second-order valence-electron chi connectivity index (χ2n) is 3.96. The first-order valence-corrected chi connectivity index (χ1v) is 6.21. The first-order valence-electron chi connectivity index (χ1n) is 5.83. The number of hydrogen-bond donors (Lipinski definition) is 2. The fraction of sp³-hybridized carbons (Fsp3) is 0.231. The topological polar surface area (TPSA) is 76.2 Å². The van der Waals surface area contributed by atoms with Gasteiger partial charge in [0.2, 0.25) is 0 Å². The van der Waals surface area contributed by atoms with Crippen molar-refractivity contribution in [2.75, 3.05) is 19.5 Å². The van der Waals surface area contributed by atoms with Gasteiger partial charge in [-0.2, -0.15) is 5.10 Å². The summed E-state index contributed by atoms with van der Waals surface area (Å²) in [5.41, 5.74) is 0.901. The Morgan fingerprint density at radius 3 is 2.85 bits per heavy atom. The normalized spacial score (nSPS) is 10.2. The molecule has 106 valence electrons. The number of aromatic nitrogens is 2. The Balaban J connectivity index is 2.22. The molecular formula is C13H14ClN3O3. The molecule has 0 fully saturated rings. The van der Waals surface area contributed by atoms with Gasteiger partial charge in [0.15, 0.2) is 0 Å². The predicted molar refractivity (Wildman–Crippen MR) is 76.7 cm³/mol. The lowest BCUT2D eigenvalue weighted by molar-refractivity contribution is 0.399. The zero-order valence-electron chi connectivity index (χ0n) is 11.1. The summed E-state index contributed by atoms with van der Waals surface area (Å²) in [7, 11) is 3.18. The smallest absolute Gasteiger partial charge is 0.285 e. The number of anilines is 1. The van der Waals surface area contributed by atoms with E-state index in [0.29, 0.717) is 18.0 Å². The molecule has 2 aromatic rings. The Morgan fingerprint density at radius 1 is 1.35 bits per heavy atom. The van der Waals surface area contributed by atoms with Crippen LogP contribution in [0.5, 0.6) is 11.5 Å². The van der Waals surface area contributed by atoms with Crippen molar-refractivity contribution in [3.8, 4) is 11.5 Å². The van der Waals surface area contributed by atoms with E-state index in [0.717, 1.165) is 11.3 Å². The Hall–Kier alpha value is -2.21. The molecule has 1 heterocycles. The van der Waals surface area contributed by atoms with Crippen LogP contribution in [-0.2, 0) is 6.54 Å². The van der Waals surface area contributed by atoms with E-state index in [1.165, 1.54) is 6.20 Å². The number of halogens is 1. The minimum Gasteiger partial charge on any atom is -0.497 e. The summed E-state index contributed by atoms with van der Waals surface area (Å²) in [6.45, 7) is 0.422. The molecule has 0 amide bonds. The summed E-state index contributed by atoms with van der Waals surface area (Å²) in [6.07, 6.45) is 1.45. The highest BCUT2D eigenvalue weighted by Gasteiger charge is 2.08. The lowest BCUT2D eigenvalue weighted by atomic mass is 10.2. The maximum Gasteiger partial charge on any atom is 0.285 e. The second-order valence-corrected chi connectivity index (χ2v) is 4.34. The minimum absolute atomic E-state index is 0.0712. The van der Waals surface area contributed by atoms with Crippen LogP contribution in [0.4, 0.5) is 5.69 Å². The van der Waals surface area contributed by atoms with Gasteiger partial charge in [0.1, 0.15) is 16.5 Å². The lowest BCUT2D eigenvalue weighted by Gasteiger charge is -2.12. The highest BCUT2D eigenvalue weighted by Crippen LogP contribution is 2.25. The van der Waals surface area contributed by atoms with Crippen molar-refractivity contribution in [3.05, 3.63) is 45.3 Å². The number of rotatable bonds is 5. The van der Waals surface area contributed by atoms with Crippen molar-refractivity contribution in [3.63, 3.8) is 0 Å². The fourth-order valence-corrected chi connectivity index (χ4v) is 1.88. The monoisotopic (exact) mass is 295 g/mol. The zero-order chi connectivity index (χ0) is 14.5. The molecule has 0 saturated carbocycles. The Morgan fingerprint density at radius 2 is 2.15 bits per heavy atom. The third kappa shape index (κ3) is 3.03. The van der Waals surface area contributed by atoms with Crippen LogP contribution in [0.2, 0.25) is 5.02 Å². The molecule has 1 aromatic carbocycles. The molecule has 20 heavy (non-hydrogen) atoms. The number of nitrogens with zero attached hydrogens (tertiary/aromatic N) is 1. The van der Waals surface area contributed by atoms with Crippen molar-refractivity contribution in [1.29, 1.82) is 0 Å². The SMILES string of the molecule is COc1ccc(OC)c(CNc2cn[nH]c(=O)c2Cl)c1. The van der Waals surface area contributed by atoms with Crippen molar-refractivity contribution < 1.29 is 9.47 Å². The van der Waals surface area contributed by atoms with Gasteiger partial charge < -0.3 is 14.8 Å². The number of aromatic amines is 1. The van der Waals surface area contributed by atoms with Gasteiger partial charge >= 0.3 is 0 Å². The highest BCUT2D eigenvalue weighted by atomic mass is 35.5. The van der Waals surface area contributed by atoms with Crippen LogP contribution in [0.15, 0.2) is 29.2 Å². The van der Waals surface area contributed by atoms with E-state index >= 15 is 0 Å². The van der Waals surface area contributed by atoms with Crippen molar-refractivity contribution in [1.82, 2.24) is 10.2 Å². The minimum atomic E-state index is -0.436. The molecule has 0 radical (unpaired) electrons. The predicted octanol–water partition coefficient (Wildman–Crippen LogP) is 2.05. The molecule has 1 aromatic heterocycles. The molecule has 0 aliphatic heterocycles. The van der Waals surface area contributed by atoms with Crippen molar-refractivity contribution in [2.24, 2.45) is 0 Å². The molecule has 0 spiro atoms. The summed E-state index contributed by atoms with van der Waals surface area (Å²) >= 11 is 5.89. The molecule has 0 atom stereocenters. The van der Waals surface area contributed by atoms with Crippen LogP contribution in [0, 0.1) is 0 Å². The second kappa shape index (κ2) is 6.29. The van der Waals surface area contributed by atoms with Crippen LogP contribution in [0.1, 0.15) is 5.56 Å². The number of methoxy groups -OCH3 is 2. The summed E-state index contributed by atoms with van der Waals surface area (Å²) in [4.78, 5) is 11.3. The molecule has 2 N–H and O–H groups in total. The van der Waals surface area contributed by atoms with Gasteiger partial charge in [0, 0.05) is 12.1 Å². The third-order valence-electron chi connectivity index (χ3n) is 2.75. The van der Waals surface area contributed by atoms with Gasteiger partial charge in [-0.05, 0) is 18.2 Å². The van der Waals surface area contributed by atoms with Gasteiger partial charge in [0.05, 0.1) is 26.1 Å². The molecule has 0 aliphatic rings. The van der Waals surface area contributed by atoms with Crippen LogP contribution in [0.25, 0.3) is 0 Å². The van der Waals surface area contributed by atoms with Gasteiger partial charge in [-0.25, -0.2) is 5.10 Å². The van der Waals surface area contributed by atoms with Gasteiger partial charge in [-0.3, -0.25) is 4.79 Å². The Bertz CT molecular complexity index is 658. The van der Waals surface area contributed by atoms with E-state index in [1.54, 1.807) is 14.2 Å². The average Bonchev–Trinajstić information content (AvgIpc) is 2.48. The Kier molecular flexibility index (Phi) is 4.47. The van der Waals surface area contributed by atoms with Gasteiger partial charge in [-0.1, -0.05) is 11.6 Å². The lowest BCUT2D eigenvalue weighted by Crippen LogP contribution is -2.12. The van der Waals surface area contributed by atoms with Crippen molar-refractivity contribution >= 4 is 17.3 Å². The molecule has 0 unspecified atom stereocenters. The molecule has 0 aliphatic carbocycles. The summed E-state index contributed by atoms with van der Waals surface area (Å²) < 4.78 is 10.4. The first-order chi connectivity index (χ1) is 9.65. The molecule has 7 heteroatoms. The number of hydrogen-bond acceptors (Lipinski definition) is 5. The number of H-pyrrole nitrogens is 1. The molecular weight excluding hydrogens is 282 g/mol. The van der Waals surface area contributed by atoms with E-state index in [-0.39, 0.29) is 5.02 Å². The van der Waals surface area contributed by atoms with Crippen LogP contribution >= 0.6 is 11.6 Å². The van der Waals surface area contributed by atoms with E-state index in [2.05, 4.69) is 15.5 Å². The standard InChI is InChI=1S/C13H14ClN3O3/c1-19-9-3-4-11(20-2)8(5-9)6-15-10-7-16-17-13(18)12(10)14/h3-5,7H,6H2,1-2H3,(H2,15,17,18). The van der Waals surface area contributed by atoms with Crippen molar-refractivity contribution in [2.45, 2.75) is 6.54 Å². The van der Waals surface area contributed by atoms with Gasteiger partial charge in [0.25, 0.3) is 5.56 Å². The third-order valence-corrected chi connectivity index (χ3v) is 3.13. The zero-order valence-corrected chi connectivity index (χ0v) is 11.8. The maximum absolute atomic E-state index is 11.3. The maximum atomic E-state index is 11.3. The Labute approximate surface area is 120 Å². The van der Waals surface area contributed by atoms with Gasteiger partial charge in [-0.15, -0.1) is 0 Å². The largest absolute Gasteiger partial charge is 0.497 e. The first kappa shape index (κ1) is 14.2. The molecule has 0 saturated heterocycles. The van der Waals surface area contributed by atoms with Crippen LogP contribution in [0.3, 0.4) is 0 Å². The summed E-state index contributed by atoms with van der Waals surface area (Å²) in [5.74, 6) is 1.44. The fourth-order valence-electron chi connectivity index (χ4n) is 1.72. The van der Waals surface area contributed by atoms with E-state index in [1.807, 2.05) is 18.2 Å². The average molecular weight is 296 g/mol. The van der Waals surface area contributed by atoms with Crippen LogP contribution < -0.4 is 20.3 Å². The summed E-state index contributed by atoms with van der Waals surface area (Å²) in [5, 5.41) is 9.07. The molecule has 0 bridgehead atoms. The van der Waals surface area contributed by atoms with Crippen LogP contribution in [-0.4, -0.2) is 24.4 Å². The quantitative estimate of drug-likeness (QED) is 0.883. The van der Waals surface area contributed by atoms with E-state index in [9.17, 15) is 4.79 Å². The highest BCUT2D eigenvalue weighted by molar-refractivity contribution is 6.32. The molecule has 6 nitrogen and oxygen atoms in total. The molecule has 2 rings (SSSR count). The summed E-state index contributed by atoms with van der Waals surface area (Å²) in [6, 6.07) is 5.47. The number of benzene rings is 1. The van der Waals surface area contributed by atoms with E-state index < -0.39 is 5.56 Å². The number of nitrogens with one attached hydrogen (secondary N) is 2. The van der Waals surface area contributed by atoms with E-state index in [4.69, 9.17) is 21.1 Å².